The van der Waals surface area contributed by atoms with Crippen molar-refractivity contribution in [1.29, 1.82) is 0 Å². The average molecular weight is 447 g/mol. The summed E-state index contributed by atoms with van der Waals surface area (Å²) in [7, 11) is 1.78. The van der Waals surface area contributed by atoms with Gasteiger partial charge < -0.3 is 9.76 Å². The molecule has 0 fully saturated rings. The molecular formula is C31H32BO2. The van der Waals surface area contributed by atoms with Crippen LogP contribution in [0.1, 0.15) is 52.7 Å². The van der Waals surface area contributed by atoms with Crippen LogP contribution in [0.4, 0.5) is 0 Å². The second-order valence-corrected chi connectivity index (χ2v) is 11.0. The van der Waals surface area contributed by atoms with E-state index in [2.05, 4.69) is 92.7 Å². The molecule has 0 bridgehead atoms. The van der Waals surface area contributed by atoms with Crippen molar-refractivity contribution >= 4 is 23.7 Å². The van der Waals surface area contributed by atoms with Crippen LogP contribution >= 0.6 is 0 Å². The lowest BCUT2D eigenvalue weighted by Gasteiger charge is -2.37. The van der Waals surface area contributed by atoms with Gasteiger partial charge in [0, 0.05) is 5.41 Å². The smallest absolute Gasteiger partial charge is 0.331 e. The highest BCUT2D eigenvalue weighted by Crippen LogP contribution is 2.49. The van der Waals surface area contributed by atoms with E-state index in [1.807, 2.05) is 13.8 Å². The molecule has 0 saturated heterocycles. The normalized spacial score (nSPS) is 14.7. The molecule has 0 unspecified atom stereocenters. The molecule has 1 aliphatic carbocycles. The average Bonchev–Trinajstić information content (AvgIpc) is 3.03. The summed E-state index contributed by atoms with van der Waals surface area (Å²) in [6.07, 6.45) is 0. The summed E-state index contributed by atoms with van der Waals surface area (Å²) in [4.78, 5) is 0. The number of aliphatic hydroxyl groups is 1. The Bertz CT molecular complexity index is 1390. The van der Waals surface area contributed by atoms with Crippen LogP contribution in [-0.2, 0) is 10.1 Å². The topological polar surface area (TPSA) is 29.5 Å². The van der Waals surface area contributed by atoms with Gasteiger partial charge in [-0.05, 0) is 83.4 Å². The molecule has 0 aliphatic heterocycles. The molecule has 5 rings (SSSR count). The molecule has 0 saturated carbocycles. The van der Waals surface area contributed by atoms with E-state index in [0.717, 1.165) is 10.8 Å². The highest BCUT2D eigenvalue weighted by atomic mass is 16.5. The third kappa shape index (κ3) is 3.59. The molecule has 2 nitrogen and oxygen atoms in total. The van der Waals surface area contributed by atoms with Crippen molar-refractivity contribution < 1.29 is 9.76 Å². The van der Waals surface area contributed by atoms with E-state index in [1.54, 1.807) is 21.3 Å². The van der Waals surface area contributed by atoms with Crippen LogP contribution in [0.15, 0.2) is 78.9 Å². The molecule has 1 N–H and O–H groups in total. The zero-order valence-corrected chi connectivity index (χ0v) is 20.9. The molecular weight excluding hydrogens is 415 g/mol. The fourth-order valence-electron chi connectivity index (χ4n) is 4.90. The van der Waals surface area contributed by atoms with E-state index in [4.69, 9.17) is 4.65 Å². The molecule has 0 heterocycles. The number of rotatable bonds is 5. The third-order valence-electron chi connectivity index (χ3n) is 7.81. The molecule has 0 aromatic heterocycles. The van der Waals surface area contributed by atoms with Gasteiger partial charge in [-0.3, -0.25) is 0 Å². The Kier molecular flexibility index (Phi) is 5.27. The van der Waals surface area contributed by atoms with E-state index in [-0.39, 0.29) is 5.41 Å². The quantitative estimate of drug-likeness (QED) is 0.348. The predicted molar refractivity (Wildman–Crippen MR) is 144 cm³/mol. The van der Waals surface area contributed by atoms with Crippen LogP contribution in [0.2, 0.25) is 0 Å². The Labute approximate surface area is 203 Å². The maximum Gasteiger partial charge on any atom is 0.331 e. The molecule has 1 radical (unpaired) electrons. The van der Waals surface area contributed by atoms with Gasteiger partial charge in [-0.2, -0.15) is 0 Å². The SMILES string of the molecule is CC1(C)c2ccccc2-c2ccc(-c3ccc([B]OC(C)(C)C(C)(C)O)c4ccccc34)cc21. The zero-order valence-electron chi connectivity index (χ0n) is 20.9. The number of hydrogen-bond donors (Lipinski definition) is 1. The molecule has 4 aromatic carbocycles. The summed E-state index contributed by atoms with van der Waals surface area (Å²) in [5.74, 6) is 0. The molecule has 171 valence electrons. The maximum atomic E-state index is 10.5. The number of benzene rings is 4. The van der Waals surface area contributed by atoms with E-state index in [0.29, 0.717) is 0 Å². The van der Waals surface area contributed by atoms with Gasteiger partial charge >= 0.3 is 7.48 Å². The molecule has 3 heteroatoms. The summed E-state index contributed by atoms with van der Waals surface area (Å²) in [6, 6.07) is 28.4. The van der Waals surface area contributed by atoms with Gasteiger partial charge in [-0.15, -0.1) is 0 Å². The zero-order chi connectivity index (χ0) is 24.3. The summed E-state index contributed by atoms with van der Waals surface area (Å²) in [5.41, 5.74) is 7.18. The molecule has 0 atom stereocenters. The van der Waals surface area contributed by atoms with Crippen molar-refractivity contribution in [2.75, 3.05) is 0 Å². The standard InChI is InChI=1S/C31H32BO2/c1-29(2)26-14-10-9-12-23(26)24-16-15-20(19-27(24)29)21-17-18-28(25-13-8-7-11-22(21)25)32-34-31(5,6)30(3,4)33/h7-19,33H,1-6H3. The van der Waals surface area contributed by atoms with Crippen molar-refractivity contribution in [2.24, 2.45) is 0 Å². The lowest BCUT2D eigenvalue weighted by molar-refractivity contribution is -0.0893. The molecule has 0 amide bonds. The first kappa shape index (κ1) is 22.9. The van der Waals surface area contributed by atoms with Crippen molar-refractivity contribution in [2.45, 2.75) is 58.2 Å². The minimum absolute atomic E-state index is 0.0258. The van der Waals surface area contributed by atoms with E-state index in [1.165, 1.54) is 38.8 Å². The highest BCUT2D eigenvalue weighted by molar-refractivity contribution is 6.51. The van der Waals surface area contributed by atoms with Gasteiger partial charge in [-0.1, -0.05) is 86.6 Å². The van der Waals surface area contributed by atoms with Crippen molar-refractivity contribution in [3.63, 3.8) is 0 Å². The minimum Gasteiger partial charge on any atom is -0.427 e. The Morgan fingerprint density at radius 2 is 1.32 bits per heavy atom. The van der Waals surface area contributed by atoms with Crippen molar-refractivity contribution in [3.8, 4) is 22.3 Å². The monoisotopic (exact) mass is 447 g/mol. The Morgan fingerprint density at radius 3 is 2.06 bits per heavy atom. The molecule has 0 spiro atoms. The lowest BCUT2D eigenvalue weighted by atomic mass is 9.78. The van der Waals surface area contributed by atoms with E-state index < -0.39 is 11.2 Å². The summed E-state index contributed by atoms with van der Waals surface area (Å²) in [5, 5.41) is 12.8. The summed E-state index contributed by atoms with van der Waals surface area (Å²) in [6.45, 7) is 12.0. The van der Waals surface area contributed by atoms with Crippen LogP contribution in [-0.4, -0.2) is 23.8 Å². The summed E-state index contributed by atoms with van der Waals surface area (Å²) >= 11 is 0. The van der Waals surface area contributed by atoms with Crippen LogP contribution < -0.4 is 5.46 Å². The predicted octanol–water partition coefficient (Wildman–Crippen LogP) is 6.62. The van der Waals surface area contributed by atoms with Gasteiger partial charge in [0.2, 0.25) is 0 Å². The van der Waals surface area contributed by atoms with Gasteiger partial charge in [0.25, 0.3) is 0 Å². The van der Waals surface area contributed by atoms with Crippen LogP contribution in [0.25, 0.3) is 33.0 Å². The van der Waals surface area contributed by atoms with Crippen LogP contribution in [0.5, 0.6) is 0 Å². The number of hydrogen-bond acceptors (Lipinski definition) is 2. The first-order valence-electron chi connectivity index (χ1n) is 12.0. The fraction of sp³-hybridized carbons (Fsp3) is 0.290. The maximum absolute atomic E-state index is 10.5. The van der Waals surface area contributed by atoms with E-state index in [9.17, 15) is 5.11 Å². The summed E-state index contributed by atoms with van der Waals surface area (Å²) < 4.78 is 6.08. The first-order chi connectivity index (χ1) is 16.0. The molecule has 34 heavy (non-hydrogen) atoms. The highest BCUT2D eigenvalue weighted by Gasteiger charge is 2.36. The van der Waals surface area contributed by atoms with Crippen LogP contribution in [0.3, 0.4) is 0 Å². The second kappa shape index (κ2) is 7.83. The van der Waals surface area contributed by atoms with Crippen molar-refractivity contribution in [1.82, 2.24) is 0 Å². The van der Waals surface area contributed by atoms with Gasteiger partial charge in [0.1, 0.15) is 0 Å². The van der Waals surface area contributed by atoms with Crippen LogP contribution in [0, 0.1) is 0 Å². The fourth-order valence-corrected chi connectivity index (χ4v) is 4.90. The lowest BCUT2D eigenvalue weighted by Crippen LogP contribution is -2.49. The van der Waals surface area contributed by atoms with Gasteiger partial charge in [0.05, 0.1) is 11.2 Å². The van der Waals surface area contributed by atoms with E-state index >= 15 is 0 Å². The Balaban J connectivity index is 1.57. The van der Waals surface area contributed by atoms with Gasteiger partial charge in [-0.25, -0.2) is 0 Å². The third-order valence-corrected chi connectivity index (χ3v) is 7.81. The van der Waals surface area contributed by atoms with Crippen molar-refractivity contribution in [3.05, 3.63) is 90.0 Å². The Hall–Kier alpha value is -2.88. The Morgan fingerprint density at radius 1 is 0.706 bits per heavy atom. The van der Waals surface area contributed by atoms with Gasteiger partial charge in [0.15, 0.2) is 0 Å². The molecule has 1 aliphatic rings. The molecule has 4 aromatic rings. The number of fused-ring (bicyclic) bond motifs is 4. The second-order valence-electron chi connectivity index (χ2n) is 11.0. The first-order valence-corrected chi connectivity index (χ1v) is 12.0. The largest absolute Gasteiger partial charge is 0.427 e. The minimum atomic E-state index is -0.964.